The van der Waals surface area contributed by atoms with Crippen molar-refractivity contribution in [3.05, 3.63) is 63.8 Å². The number of hydrogen-bond donors (Lipinski definition) is 2. The molecule has 0 saturated carbocycles. The highest BCUT2D eigenvalue weighted by Gasteiger charge is 2.29. The second kappa shape index (κ2) is 6.11. The molecule has 0 radical (unpaired) electrons. The maximum atomic E-state index is 12.8. The summed E-state index contributed by atoms with van der Waals surface area (Å²) >= 11 is 0. The van der Waals surface area contributed by atoms with Gasteiger partial charge in [0.1, 0.15) is 5.69 Å². The first-order chi connectivity index (χ1) is 10.6. The molecular formula is C16H18N4O2. The van der Waals surface area contributed by atoms with Crippen molar-refractivity contribution in [2.75, 3.05) is 19.6 Å². The average molecular weight is 298 g/mol. The third-order valence-corrected chi connectivity index (χ3v) is 3.79. The van der Waals surface area contributed by atoms with Crippen LogP contribution in [0.2, 0.25) is 0 Å². The molecule has 1 atom stereocenters. The van der Waals surface area contributed by atoms with Crippen LogP contribution in [0.3, 0.4) is 0 Å². The highest BCUT2D eigenvalue weighted by molar-refractivity contribution is 5.92. The van der Waals surface area contributed by atoms with Crippen molar-refractivity contribution in [2.24, 2.45) is 0 Å². The van der Waals surface area contributed by atoms with Crippen LogP contribution in [-0.2, 0) is 0 Å². The van der Waals surface area contributed by atoms with Crippen LogP contribution in [0.15, 0.2) is 41.2 Å². The van der Waals surface area contributed by atoms with Crippen molar-refractivity contribution < 1.29 is 4.79 Å². The summed E-state index contributed by atoms with van der Waals surface area (Å²) in [4.78, 5) is 32.4. The van der Waals surface area contributed by atoms with Gasteiger partial charge in [-0.3, -0.25) is 4.79 Å². The van der Waals surface area contributed by atoms with Gasteiger partial charge in [0.05, 0.1) is 6.04 Å². The van der Waals surface area contributed by atoms with E-state index in [1.807, 2.05) is 30.3 Å². The Labute approximate surface area is 128 Å². The molecule has 1 fully saturated rings. The smallest absolute Gasteiger partial charge is 0.328 e. The quantitative estimate of drug-likeness (QED) is 0.862. The summed E-state index contributed by atoms with van der Waals surface area (Å²) in [6.45, 7) is 3.76. The van der Waals surface area contributed by atoms with Gasteiger partial charge in [-0.2, -0.15) is 4.98 Å². The van der Waals surface area contributed by atoms with Crippen LogP contribution in [0, 0.1) is 6.92 Å². The number of benzene rings is 1. The van der Waals surface area contributed by atoms with E-state index in [-0.39, 0.29) is 17.6 Å². The fourth-order valence-electron chi connectivity index (χ4n) is 2.76. The number of carbonyl (C=O) groups is 1. The monoisotopic (exact) mass is 298 g/mol. The molecule has 3 rings (SSSR count). The molecule has 22 heavy (non-hydrogen) atoms. The maximum Gasteiger partial charge on any atom is 0.345 e. The Morgan fingerprint density at radius 2 is 2.09 bits per heavy atom. The number of nitrogens with zero attached hydrogens (tertiary/aromatic N) is 2. The Balaban J connectivity index is 1.93. The summed E-state index contributed by atoms with van der Waals surface area (Å²) < 4.78 is 0. The van der Waals surface area contributed by atoms with Gasteiger partial charge in [-0.25, -0.2) is 4.79 Å². The Morgan fingerprint density at radius 3 is 2.82 bits per heavy atom. The SMILES string of the molecule is Cc1cc(C(=O)N2CCNCC2c2ccccc2)nc(=O)[nH]1. The zero-order valence-electron chi connectivity index (χ0n) is 12.4. The van der Waals surface area contributed by atoms with Crippen LogP contribution in [0.25, 0.3) is 0 Å². The third kappa shape index (κ3) is 2.92. The van der Waals surface area contributed by atoms with E-state index in [2.05, 4.69) is 15.3 Å². The standard InChI is InChI=1S/C16H18N4O2/c1-11-9-13(19-16(22)18-11)15(21)20-8-7-17-10-14(20)12-5-3-2-4-6-12/h2-6,9,14,17H,7-8,10H2,1H3,(H,18,19,22). The fraction of sp³-hybridized carbons (Fsp3) is 0.312. The zero-order valence-corrected chi connectivity index (χ0v) is 12.4. The van der Waals surface area contributed by atoms with E-state index >= 15 is 0 Å². The second-order valence-electron chi connectivity index (χ2n) is 5.38. The van der Waals surface area contributed by atoms with Gasteiger partial charge in [-0.15, -0.1) is 0 Å². The number of hydrogen-bond acceptors (Lipinski definition) is 4. The van der Waals surface area contributed by atoms with Crippen LogP contribution in [0.1, 0.15) is 27.8 Å². The van der Waals surface area contributed by atoms with Crippen molar-refractivity contribution >= 4 is 5.91 Å². The summed E-state index contributed by atoms with van der Waals surface area (Å²) in [5, 5.41) is 3.31. The van der Waals surface area contributed by atoms with E-state index < -0.39 is 5.69 Å². The first-order valence-electron chi connectivity index (χ1n) is 7.30. The Hall–Kier alpha value is -2.47. The minimum atomic E-state index is -0.491. The van der Waals surface area contributed by atoms with Gasteiger partial charge in [-0.05, 0) is 18.6 Å². The molecule has 2 aromatic rings. The molecule has 0 spiro atoms. The van der Waals surface area contributed by atoms with Gasteiger partial charge in [0, 0.05) is 25.3 Å². The lowest BCUT2D eigenvalue weighted by Gasteiger charge is -2.36. The van der Waals surface area contributed by atoms with Crippen LogP contribution in [0.4, 0.5) is 0 Å². The Kier molecular flexibility index (Phi) is 4.02. The van der Waals surface area contributed by atoms with E-state index in [1.54, 1.807) is 17.9 Å². The summed E-state index contributed by atoms with van der Waals surface area (Å²) in [5.74, 6) is -0.204. The molecule has 1 aromatic carbocycles. The minimum absolute atomic E-state index is 0.0520. The van der Waals surface area contributed by atoms with Gasteiger partial charge in [0.15, 0.2) is 0 Å². The number of aromatic nitrogens is 2. The van der Waals surface area contributed by atoms with Gasteiger partial charge in [-0.1, -0.05) is 30.3 Å². The minimum Gasteiger partial charge on any atom is -0.328 e. The third-order valence-electron chi connectivity index (χ3n) is 3.79. The first kappa shape index (κ1) is 14.5. The molecule has 2 heterocycles. The Bertz CT molecular complexity index is 726. The molecular weight excluding hydrogens is 280 g/mol. The van der Waals surface area contributed by atoms with Crippen LogP contribution >= 0.6 is 0 Å². The van der Waals surface area contributed by atoms with Crippen molar-refractivity contribution in [3.63, 3.8) is 0 Å². The number of amides is 1. The maximum absolute atomic E-state index is 12.8. The number of rotatable bonds is 2. The number of aromatic amines is 1. The largest absolute Gasteiger partial charge is 0.345 e. The molecule has 1 aromatic heterocycles. The van der Waals surface area contributed by atoms with Crippen LogP contribution in [-0.4, -0.2) is 40.4 Å². The van der Waals surface area contributed by atoms with Crippen LogP contribution < -0.4 is 11.0 Å². The van der Waals surface area contributed by atoms with E-state index in [0.29, 0.717) is 18.8 Å². The Morgan fingerprint density at radius 1 is 1.32 bits per heavy atom. The molecule has 1 unspecified atom stereocenters. The fourth-order valence-corrected chi connectivity index (χ4v) is 2.76. The van der Waals surface area contributed by atoms with Gasteiger partial charge in [0.25, 0.3) is 5.91 Å². The summed E-state index contributed by atoms with van der Waals surface area (Å²) in [5.41, 5.74) is 1.41. The lowest BCUT2D eigenvalue weighted by Crippen LogP contribution is -2.49. The van der Waals surface area contributed by atoms with Crippen LogP contribution in [0.5, 0.6) is 0 Å². The number of piperazine rings is 1. The lowest BCUT2D eigenvalue weighted by atomic mass is 10.0. The van der Waals surface area contributed by atoms with E-state index in [1.165, 1.54) is 0 Å². The number of nitrogens with one attached hydrogen (secondary N) is 2. The molecule has 1 saturated heterocycles. The molecule has 1 aliphatic heterocycles. The highest BCUT2D eigenvalue weighted by Crippen LogP contribution is 2.23. The average Bonchev–Trinajstić information content (AvgIpc) is 2.54. The second-order valence-corrected chi connectivity index (χ2v) is 5.38. The predicted octanol–water partition coefficient (Wildman–Crippen LogP) is 0.865. The zero-order chi connectivity index (χ0) is 15.5. The van der Waals surface area contributed by atoms with Crippen molar-refractivity contribution in [3.8, 4) is 0 Å². The molecule has 1 aliphatic rings. The highest BCUT2D eigenvalue weighted by atomic mass is 16.2. The summed E-state index contributed by atoms with van der Waals surface area (Å²) in [6.07, 6.45) is 0. The molecule has 6 nitrogen and oxygen atoms in total. The van der Waals surface area contributed by atoms with E-state index in [4.69, 9.17) is 0 Å². The first-order valence-corrected chi connectivity index (χ1v) is 7.30. The number of aryl methyl sites for hydroxylation is 1. The van der Waals surface area contributed by atoms with Gasteiger partial charge < -0.3 is 15.2 Å². The van der Waals surface area contributed by atoms with E-state index in [0.717, 1.165) is 12.1 Å². The molecule has 6 heteroatoms. The lowest BCUT2D eigenvalue weighted by molar-refractivity contribution is 0.0627. The number of H-pyrrole nitrogens is 1. The summed E-state index contributed by atoms with van der Waals surface area (Å²) in [6, 6.07) is 11.5. The number of carbonyl (C=O) groups excluding carboxylic acids is 1. The van der Waals surface area contributed by atoms with Crippen molar-refractivity contribution in [2.45, 2.75) is 13.0 Å². The molecule has 0 bridgehead atoms. The van der Waals surface area contributed by atoms with Crippen molar-refractivity contribution in [1.29, 1.82) is 0 Å². The van der Waals surface area contributed by atoms with Gasteiger partial charge >= 0.3 is 5.69 Å². The van der Waals surface area contributed by atoms with Crippen molar-refractivity contribution in [1.82, 2.24) is 20.2 Å². The molecule has 1 amide bonds. The topological polar surface area (TPSA) is 78.1 Å². The predicted molar refractivity (Wildman–Crippen MR) is 82.7 cm³/mol. The molecule has 2 N–H and O–H groups in total. The molecule has 114 valence electrons. The van der Waals surface area contributed by atoms with Gasteiger partial charge in [0.2, 0.25) is 0 Å². The molecule has 0 aliphatic carbocycles. The summed E-state index contributed by atoms with van der Waals surface area (Å²) in [7, 11) is 0. The normalized spacial score (nSPS) is 18.2. The van der Waals surface area contributed by atoms with E-state index in [9.17, 15) is 9.59 Å².